The summed E-state index contributed by atoms with van der Waals surface area (Å²) in [6.45, 7) is 1.90. The van der Waals surface area contributed by atoms with Gasteiger partial charge in [-0.2, -0.15) is 0 Å². The van der Waals surface area contributed by atoms with Crippen molar-refractivity contribution in [2.75, 3.05) is 4.90 Å². The van der Waals surface area contributed by atoms with Gasteiger partial charge in [0.25, 0.3) is 5.91 Å². The average molecular weight is 403 g/mol. The van der Waals surface area contributed by atoms with Crippen LogP contribution in [0.5, 0.6) is 0 Å². The molecule has 2 aromatic rings. The van der Waals surface area contributed by atoms with Crippen LogP contribution < -0.4 is 4.90 Å². The average Bonchev–Trinajstić information content (AvgIpc) is 3.18. The van der Waals surface area contributed by atoms with E-state index in [-0.39, 0.29) is 16.4 Å². The normalized spacial score (nSPS) is 21.1. The first-order valence-corrected chi connectivity index (χ1v) is 8.82. The van der Waals surface area contributed by atoms with Crippen molar-refractivity contribution < 1.29 is 19.2 Å². The second-order valence-corrected chi connectivity index (χ2v) is 7.13. The van der Waals surface area contributed by atoms with Crippen LogP contribution in [-0.4, -0.2) is 29.4 Å². The number of fused-ring (bicyclic) bond motifs is 1. The van der Waals surface area contributed by atoms with Crippen LogP contribution in [0.4, 0.5) is 5.69 Å². The highest BCUT2D eigenvalue weighted by molar-refractivity contribution is 6.53. The number of hydrogen-bond acceptors (Lipinski definition) is 5. The van der Waals surface area contributed by atoms with E-state index in [4.69, 9.17) is 28.0 Å². The second-order valence-electron chi connectivity index (χ2n) is 6.28. The van der Waals surface area contributed by atoms with Crippen molar-refractivity contribution in [2.45, 2.75) is 13.0 Å². The number of halogens is 2. The number of rotatable bonds is 3. The zero-order valence-electron chi connectivity index (χ0n) is 14.0. The lowest BCUT2D eigenvalue weighted by Gasteiger charge is -2.17. The molecule has 0 unspecified atom stereocenters. The van der Waals surface area contributed by atoms with E-state index in [0.29, 0.717) is 10.6 Å². The van der Waals surface area contributed by atoms with E-state index in [0.717, 1.165) is 10.5 Å². The molecule has 4 rings (SSSR count). The van der Waals surface area contributed by atoms with Crippen LogP contribution in [0, 0.1) is 12.8 Å². The van der Waals surface area contributed by atoms with E-state index < -0.39 is 29.6 Å². The number of hydrogen-bond donors (Lipinski definition) is 0. The third-order valence-electron chi connectivity index (χ3n) is 4.51. The van der Waals surface area contributed by atoms with E-state index in [1.54, 1.807) is 30.3 Å². The van der Waals surface area contributed by atoms with Crippen LogP contribution in [0.2, 0.25) is 10.0 Å². The summed E-state index contributed by atoms with van der Waals surface area (Å²) in [4.78, 5) is 44.5. The minimum atomic E-state index is -1.18. The van der Waals surface area contributed by atoms with Crippen LogP contribution in [0.15, 0.2) is 47.6 Å². The number of imide groups is 1. The molecule has 2 aromatic carbocycles. The van der Waals surface area contributed by atoms with Gasteiger partial charge in [0.15, 0.2) is 0 Å². The van der Waals surface area contributed by atoms with Gasteiger partial charge in [-0.25, -0.2) is 4.90 Å². The van der Waals surface area contributed by atoms with Gasteiger partial charge in [0.2, 0.25) is 17.8 Å². The molecule has 0 N–H and O–H groups in total. The lowest BCUT2D eigenvalue weighted by Crippen LogP contribution is -2.34. The number of nitrogens with zero attached hydrogens (tertiary/aromatic N) is 2. The number of Topliss-reactive ketones (excluding diaryl/α,β-unsaturated/α-hetero) is 1. The maximum absolute atomic E-state index is 13.0. The minimum absolute atomic E-state index is 0.0946. The molecule has 0 aliphatic carbocycles. The highest BCUT2D eigenvalue weighted by Crippen LogP contribution is 2.38. The zero-order valence-corrected chi connectivity index (χ0v) is 15.5. The third kappa shape index (κ3) is 2.81. The lowest BCUT2D eigenvalue weighted by atomic mass is 9.93. The Balaban J connectivity index is 1.69. The largest absolute Gasteiger partial charge is 0.381 e. The van der Waals surface area contributed by atoms with Crippen LogP contribution in [0.25, 0.3) is 0 Å². The highest BCUT2D eigenvalue weighted by atomic mass is 35.5. The first kappa shape index (κ1) is 17.7. The summed E-state index contributed by atoms with van der Waals surface area (Å²) in [6, 6.07) is 11.3. The third-order valence-corrected chi connectivity index (χ3v) is 5.06. The van der Waals surface area contributed by atoms with Gasteiger partial charge < -0.3 is 4.84 Å². The summed E-state index contributed by atoms with van der Waals surface area (Å²) in [5.41, 5.74) is 1.41. The predicted octanol–water partition coefficient (Wildman–Crippen LogP) is 3.43. The number of carbonyl (C=O) groups is 3. The Morgan fingerprint density at radius 1 is 1.07 bits per heavy atom. The summed E-state index contributed by atoms with van der Waals surface area (Å²) >= 11 is 12.1. The summed E-state index contributed by atoms with van der Waals surface area (Å²) in [5.74, 6) is -2.82. The Morgan fingerprint density at radius 3 is 2.48 bits per heavy atom. The Kier molecular flexibility index (Phi) is 4.25. The van der Waals surface area contributed by atoms with Gasteiger partial charge in [0.1, 0.15) is 11.6 Å². The SMILES string of the molecule is Cc1ccc(C(=O)C2=NO[C@H]3C(=O)N(c4cc(Cl)ccc4Cl)C(=O)[C@@H]23)cc1. The summed E-state index contributed by atoms with van der Waals surface area (Å²) in [5, 5.41) is 4.23. The van der Waals surface area contributed by atoms with Crippen LogP contribution in [-0.2, 0) is 14.4 Å². The number of aryl methyl sites for hydroxylation is 1. The Labute approximate surface area is 164 Å². The Bertz CT molecular complexity index is 1020. The van der Waals surface area contributed by atoms with Gasteiger partial charge in [-0.3, -0.25) is 14.4 Å². The summed E-state index contributed by atoms with van der Waals surface area (Å²) in [7, 11) is 0. The molecule has 1 fully saturated rings. The fraction of sp³-hybridized carbons (Fsp3) is 0.158. The van der Waals surface area contributed by atoms with Crippen molar-refractivity contribution in [2.24, 2.45) is 11.1 Å². The molecule has 6 nitrogen and oxygen atoms in total. The number of ketones is 1. The molecule has 0 aromatic heterocycles. The molecular weight excluding hydrogens is 391 g/mol. The summed E-state index contributed by atoms with van der Waals surface area (Å²) in [6.07, 6.45) is -1.18. The van der Waals surface area contributed by atoms with E-state index in [2.05, 4.69) is 5.16 Å². The van der Waals surface area contributed by atoms with Gasteiger partial charge in [-0.1, -0.05) is 58.2 Å². The van der Waals surface area contributed by atoms with Gasteiger partial charge in [0, 0.05) is 10.6 Å². The maximum Gasteiger partial charge on any atom is 0.279 e. The molecule has 27 heavy (non-hydrogen) atoms. The number of carbonyl (C=O) groups excluding carboxylic acids is 3. The maximum atomic E-state index is 13.0. The van der Waals surface area contributed by atoms with Gasteiger partial charge in [0.05, 0.1) is 10.7 Å². The molecule has 0 bridgehead atoms. The van der Waals surface area contributed by atoms with Crippen LogP contribution >= 0.6 is 23.2 Å². The molecule has 2 heterocycles. The highest BCUT2D eigenvalue weighted by Gasteiger charge is 2.57. The molecule has 136 valence electrons. The molecular formula is C19H12Cl2N2O4. The predicted molar refractivity (Wildman–Crippen MR) is 100 cm³/mol. The number of benzene rings is 2. The summed E-state index contributed by atoms with van der Waals surface area (Å²) < 4.78 is 0. The molecule has 2 aliphatic heterocycles. The molecule has 2 aliphatic rings. The fourth-order valence-corrected chi connectivity index (χ4v) is 3.48. The quantitative estimate of drug-likeness (QED) is 0.581. The number of amides is 2. The van der Waals surface area contributed by atoms with E-state index in [9.17, 15) is 14.4 Å². The van der Waals surface area contributed by atoms with Crippen molar-refractivity contribution >= 4 is 52.2 Å². The van der Waals surface area contributed by atoms with Gasteiger partial charge in [-0.15, -0.1) is 0 Å². The molecule has 0 radical (unpaired) electrons. The van der Waals surface area contributed by atoms with Crippen LogP contribution in [0.1, 0.15) is 15.9 Å². The standard InChI is InChI=1S/C19H12Cl2N2O4/c1-9-2-4-10(5-3-9)16(24)15-14-17(27-22-15)19(26)23(18(14)25)13-8-11(20)6-7-12(13)21/h2-8,14,17H,1H3/t14-,17+/m0/s1. The van der Waals surface area contributed by atoms with Crippen molar-refractivity contribution in [1.29, 1.82) is 0 Å². The Hall–Kier alpha value is -2.70. The molecule has 1 saturated heterocycles. The number of oxime groups is 1. The van der Waals surface area contributed by atoms with Crippen molar-refractivity contribution in [3.05, 3.63) is 63.6 Å². The minimum Gasteiger partial charge on any atom is -0.381 e. The zero-order chi connectivity index (χ0) is 19.3. The van der Waals surface area contributed by atoms with E-state index in [1.807, 2.05) is 6.92 Å². The van der Waals surface area contributed by atoms with Crippen LogP contribution in [0.3, 0.4) is 0 Å². The molecule has 2 amide bonds. The topological polar surface area (TPSA) is 76.0 Å². The Morgan fingerprint density at radius 2 is 1.78 bits per heavy atom. The van der Waals surface area contributed by atoms with Crippen molar-refractivity contribution in [3.8, 4) is 0 Å². The number of anilines is 1. The lowest BCUT2D eigenvalue weighted by molar-refractivity contribution is -0.126. The van der Waals surface area contributed by atoms with Crippen molar-refractivity contribution in [1.82, 2.24) is 0 Å². The van der Waals surface area contributed by atoms with E-state index >= 15 is 0 Å². The molecule has 0 saturated carbocycles. The van der Waals surface area contributed by atoms with Gasteiger partial charge in [-0.05, 0) is 25.1 Å². The first-order valence-electron chi connectivity index (χ1n) is 8.06. The fourth-order valence-electron chi connectivity index (χ4n) is 3.11. The van der Waals surface area contributed by atoms with Crippen molar-refractivity contribution in [3.63, 3.8) is 0 Å². The molecule has 0 spiro atoms. The monoisotopic (exact) mass is 402 g/mol. The first-order chi connectivity index (χ1) is 12.9. The van der Waals surface area contributed by atoms with E-state index in [1.165, 1.54) is 12.1 Å². The molecule has 2 atom stereocenters. The molecule has 8 heteroatoms. The second kappa shape index (κ2) is 6.48. The smallest absolute Gasteiger partial charge is 0.279 e. The van der Waals surface area contributed by atoms with Gasteiger partial charge >= 0.3 is 0 Å².